The fraction of sp³-hybridized carbons (Fsp3) is 0.0556. The van der Waals surface area contributed by atoms with Gasteiger partial charge in [-0.1, -0.05) is 48.5 Å². The van der Waals surface area contributed by atoms with Crippen molar-refractivity contribution in [3.05, 3.63) is 71.9 Å². The summed E-state index contributed by atoms with van der Waals surface area (Å²) in [4.78, 5) is 37.2. The summed E-state index contributed by atoms with van der Waals surface area (Å²) in [5.74, 6) is -0.960. The number of anilines is 1. The molecule has 3 rings (SSSR count). The summed E-state index contributed by atoms with van der Waals surface area (Å²) in [7, 11) is 0. The number of nitrogens with zero attached hydrogens (tertiary/aromatic N) is 1. The summed E-state index contributed by atoms with van der Waals surface area (Å²) in [5.41, 5.74) is 1.55. The van der Waals surface area contributed by atoms with Gasteiger partial charge >= 0.3 is 6.03 Å². The number of nitrogens with one attached hydrogen (secondary N) is 2. The maximum atomic E-state index is 12.3. The largest absolute Gasteiger partial charge is 0.329 e. The molecule has 120 valence electrons. The minimum Gasteiger partial charge on any atom is -0.325 e. The molecule has 1 aliphatic heterocycles. The number of carbonyl (C=O) groups is 3. The first-order chi connectivity index (χ1) is 11.6. The minimum absolute atomic E-state index is 0.152. The Balaban J connectivity index is 1.68. The van der Waals surface area contributed by atoms with Gasteiger partial charge in [0.05, 0.1) is 0 Å². The predicted octanol–water partition coefficient (Wildman–Crippen LogP) is 2.22. The van der Waals surface area contributed by atoms with Crippen molar-refractivity contribution >= 4 is 29.6 Å². The zero-order valence-corrected chi connectivity index (χ0v) is 12.7. The molecule has 0 radical (unpaired) electrons. The molecule has 0 bridgehead atoms. The molecular weight excluding hydrogens is 306 g/mol. The summed E-state index contributed by atoms with van der Waals surface area (Å²) in [6.07, 6.45) is 1.58. The van der Waals surface area contributed by atoms with Gasteiger partial charge < -0.3 is 10.6 Å². The summed E-state index contributed by atoms with van der Waals surface area (Å²) < 4.78 is 0. The van der Waals surface area contributed by atoms with Crippen LogP contribution < -0.4 is 10.6 Å². The van der Waals surface area contributed by atoms with Crippen molar-refractivity contribution in [1.29, 1.82) is 0 Å². The normalized spacial score (nSPS) is 15.5. The van der Waals surface area contributed by atoms with E-state index < -0.39 is 17.8 Å². The average Bonchev–Trinajstić information content (AvgIpc) is 2.84. The van der Waals surface area contributed by atoms with Crippen LogP contribution in [0.25, 0.3) is 6.08 Å². The average molecular weight is 321 g/mol. The van der Waals surface area contributed by atoms with E-state index in [-0.39, 0.29) is 12.2 Å². The molecule has 1 heterocycles. The Hall–Kier alpha value is -3.41. The third kappa shape index (κ3) is 3.49. The fourth-order valence-corrected chi connectivity index (χ4v) is 2.30. The molecule has 1 saturated heterocycles. The highest BCUT2D eigenvalue weighted by Crippen LogP contribution is 2.14. The van der Waals surface area contributed by atoms with Gasteiger partial charge in [0, 0.05) is 5.69 Å². The Morgan fingerprint density at radius 3 is 2.29 bits per heavy atom. The van der Waals surface area contributed by atoms with Gasteiger partial charge in [0.1, 0.15) is 12.2 Å². The lowest BCUT2D eigenvalue weighted by Crippen LogP contribution is -2.38. The predicted molar refractivity (Wildman–Crippen MR) is 89.7 cm³/mol. The Kier molecular flexibility index (Phi) is 4.38. The topological polar surface area (TPSA) is 78.5 Å². The Morgan fingerprint density at radius 2 is 1.62 bits per heavy atom. The standard InChI is InChI=1S/C18H15N3O3/c22-16(19-14-9-5-2-6-10-14)12-21-17(23)15(20-18(21)24)11-13-7-3-1-4-8-13/h1-11H,12H2,(H,19,22)(H,20,24)/b15-11-. The summed E-state index contributed by atoms with van der Waals surface area (Å²) in [6.45, 7) is -0.342. The number of para-hydroxylation sites is 1. The van der Waals surface area contributed by atoms with Gasteiger partial charge in [0.15, 0.2) is 0 Å². The number of carbonyl (C=O) groups excluding carboxylic acids is 3. The summed E-state index contributed by atoms with van der Waals surface area (Å²) >= 11 is 0. The van der Waals surface area contributed by atoms with Gasteiger partial charge in [-0.25, -0.2) is 9.69 Å². The monoisotopic (exact) mass is 321 g/mol. The highest BCUT2D eigenvalue weighted by Gasteiger charge is 2.34. The minimum atomic E-state index is -0.606. The van der Waals surface area contributed by atoms with Crippen molar-refractivity contribution in [3.8, 4) is 0 Å². The van der Waals surface area contributed by atoms with E-state index in [1.165, 1.54) is 0 Å². The number of hydrogen-bond acceptors (Lipinski definition) is 3. The van der Waals surface area contributed by atoms with E-state index in [2.05, 4.69) is 10.6 Å². The van der Waals surface area contributed by atoms with Crippen LogP contribution in [0.4, 0.5) is 10.5 Å². The number of hydrogen-bond donors (Lipinski definition) is 2. The SMILES string of the molecule is O=C(CN1C(=O)N/C(=C\c2ccccc2)C1=O)Nc1ccccc1. The van der Waals surface area contributed by atoms with Crippen LogP contribution in [-0.4, -0.2) is 29.3 Å². The summed E-state index contributed by atoms with van der Waals surface area (Å²) in [6, 6.07) is 17.4. The van der Waals surface area contributed by atoms with Crippen LogP contribution in [0.1, 0.15) is 5.56 Å². The number of amides is 4. The van der Waals surface area contributed by atoms with Crippen molar-refractivity contribution in [2.75, 3.05) is 11.9 Å². The Morgan fingerprint density at radius 1 is 1.00 bits per heavy atom. The third-order valence-corrected chi connectivity index (χ3v) is 3.43. The first-order valence-electron chi connectivity index (χ1n) is 7.38. The first-order valence-corrected chi connectivity index (χ1v) is 7.38. The Labute approximate surface area is 138 Å². The van der Waals surface area contributed by atoms with Crippen LogP contribution in [0, 0.1) is 0 Å². The van der Waals surface area contributed by atoms with Gasteiger partial charge in [0.25, 0.3) is 5.91 Å². The molecule has 24 heavy (non-hydrogen) atoms. The number of rotatable bonds is 4. The molecule has 4 amide bonds. The van der Waals surface area contributed by atoms with Crippen LogP contribution in [0.3, 0.4) is 0 Å². The van der Waals surface area contributed by atoms with Crippen molar-refractivity contribution < 1.29 is 14.4 Å². The van der Waals surface area contributed by atoms with Crippen molar-refractivity contribution in [1.82, 2.24) is 10.2 Å². The zero-order chi connectivity index (χ0) is 16.9. The quantitative estimate of drug-likeness (QED) is 0.669. The molecule has 1 fully saturated rings. The lowest BCUT2D eigenvalue weighted by molar-refractivity contribution is -0.127. The van der Waals surface area contributed by atoms with Gasteiger partial charge in [-0.2, -0.15) is 0 Å². The van der Waals surface area contributed by atoms with Crippen LogP contribution >= 0.6 is 0 Å². The zero-order valence-electron chi connectivity index (χ0n) is 12.7. The lowest BCUT2D eigenvalue weighted by Gasteiger charge is -2.11. The van der Waals surface area contributed by atoms with E-state index in [4.69, 9.17) is 0 Å². The van der Waals surface area contributed by atoms with Crippen molar-refractivity contribution in [2.24, 2.45) is 0 Å². The second-order valence-corrected chi connectivity index (χ2v) is 5.20. The molecule has 1 aliphatic rings. The number of benzene rings is 2. The second kappa shape index (κ2) is 6.78. The van der Waals surface area contributed by atoms with Crippen LogP contribution in [0.5, 0.6) is 0 Å². The Bertz CT molecular complexity index is 801. The van der Waals surface area contributed by atoms with E-state index in [1.54, 1.807) is 30.3 Å². The maximum absolute atomic E-state index is 12.3. The molecular formula is C18H15N3O3. The molecule has 2 N–H and O–H groups in total. The highest BCUT2D eigenvalue weighted by atomic mass is 16.2. The first kappa shape index (κ1) is 15.5. The van der Waals surface area contributed by atoms with E-state index in [1.807, 2.05) is 36.4 Å². The number of urea groups is 1. The van der Waals surface area contributed by atoms with Crippen LogP contribution in [0.15, 0.2) is 66.4 Å². The third-order valence-electron chi connectivity index (χ3n) is 3.43. The van der Waals surface area contributed by atoms with Crippen molar-refractivity contribution in [2.45, 2.75) is 0 Å². The van der Waals surface area contributed by atoms with Crippen LogP contribution in [-0.2, 0) is 9.59 Å². The molecule has 0 saturated carbocycles. The van der Waals surface area contributed by atoms with E-state index in [0.717, 1.165) is 10.5 Å². The number of imide groups is 1. The molecule has 0 aromatic heterocycles. The molecule has 0 unspecified atom stereocenters. The van der Waals surface area contributed by atoms with Gasteiger partial charge in [-0.05, 0) is 23.8 Å². The van der Waals surface area contributed by atoms with E-state index in [0.29, 0.717) is 5.69 Å². The molecule has 0 atom stereocenters. The van der Waals surface area contributed by atoms with Gasteiger partial charge in [-0.3, -0.25) is 9.59 Å². The van der Waals surface area contributed by atoms with E-state index >= 15 is 0 Å². The molecule has 6 nitrogen and oxygen atoms in total. The molecule has 0 spiro atoms. The van der Waals surface area contributed by atoms with Gasteiger partial charge in [-0.15, -0.1) is 0 Å². The molecule has 2 aromatic carbocycles. The molecule has 0 aliphatic carbocycles. The van der Waals surface area contributed by atoms with Crippen LogP contribution in [0.2, 0.25) is 0 Å². The van der Waals surface area contributed by atoms with Crippen molar-refractivity contribution in [3.63, 3.8) is 0 Å². The highest BCUT2D eigenvalue weighted by molar-refractivity contribution is 6.15. The summed E-state index contributed by atoms with van der Waals surface area (Å²) in [5, 5.41) is 5.13. The smallest absolute Gasteiger partial charge is 0.325 e. The molecule has 2 aromatic rings. The van der Waals surface area contributed by atoms with E-state index in [9.17, 15) is 14.4 Å². The van der Waals surface area contributed by atoms with Gasteiger partial charge in [0.2, 0.25) is 5.91 Å². The second-order valence-electron chi connectivity index (χ2n) is 5.20. The fourth-order valence-electron chi connectivity index (χ4n) is 2.30. The lowest BCUT2D eigenvalue weighted by atomic mass is 10.2. The molecule has 6 heteroatoms. The maximum Gasteiger partial charge on any atom is 0.329 e.